The van der Waals surface area contributed by atoms with Crippen molar-refractivity contribution in [1.82, 2.24) is 19.6 Å². The minimum Gasteiger partial charge on any atom is -0.394 e. The predicted molar refractivity (Wildman–Crippen MR) is 86.4 cm³/mol. The number of anilines is 1. The van der Waals surface area contributed by atoms with E-state index in [1.807, 2.05) is 24.3 Å². The van der Waals surface area contributed by atoms with Gasteiger partial charge >= 0.3 is 0 Å². The molecule has 0 aliphatic rings. The monoisotopic (exact) mass is 333 g/mol. The van der Waals surface area contributed by atoms with Crippen molar-refractivity contribution in [2.45, 2.75) is 12.6 Å². The van der Waals surface area contributed by atoms with Gasteiger partial charge in [0.05, 0.1) is 24.9 Å². The minimum atomic E-state index is -0.334. The first-order chi connectivity index (χ1) is 11.2. The smallest absolute Gasteiger partial charge is 0.254 e. The summed E-state index contributed by atoms with van der Waals surface area (Å²) >= 11 is 6.03. The fourth-order valence-corrected chi connectivity index (χ4v) is 2.52. The first-order valence-corrected chi connectivity index (χ1v) is 7.40. The van der Waals surface area contributed by atoms with E-state index in [4.69, 9.17) is 16.3 Å². The number of hydrogen-bond donors (Lipinski definition) is 2. The molecule has 1 atom stereocenters. The summed E-state index contributed by atoms with van der Waals surface area (Å²) in [5.74, 6) is 1.13. The molecule has 8 heteroatoms. The maximum Gasteiger partial charge on any atom is 0.254 e. The van der Waals surface area contributed by atoms with Crippen LogP contribution >= 0.6 is 11.6 Å². The topological polar surface area (TPSA) is 84.6 Å². The van der Waals surface area contributed by atoms with Crippen molar-refractivity contribution in [3.63, 3.8) is 0 Å². The van der Waals surface area contributed by atoms with Crippen molar-refractivity contribution in [1.29, 1.82) is 0 Å². The normalized spacial score (nSPS) is 12.5. The molecule has 0 saturated heterocycles. The van der Waals surface area contributed by atoms with Crippen molar-refractivity contribution in [3.8, 4) is 0 Å². The van der Waals surface area contributed by atoms with Crippen molar-refractivity contribution in [3.05, 3.63) is 52.9 Å². The van der Waals surface area contributed by atoms with Crippen molar-refractivity contribution >= 4 is 23.2 Å². The van der Waals surface area contributed by atoms with Gasteiger partial charge in [0.1, 0.15) is 12.1 Å². The van der Waals surface area contributed by atoms with Crippen LogP contribution in [0.25, 0.3) is 5.78 Å². The van der Waals surface area contributed by atoms with Crippen LogP contribution in [0.1, 0.15) is 17.3 Å². The van der Waals surface area contributed by atoms with Crippen LogP contribution in [-0.2, 0) is 11.3 Å². The van der Waals surface area contributed by atoms with Crippen molar-refractivity contribution in [2.75, 3.05) is 19.0 Å². The van der Waals surface area contributed by atoms with Gasteiger partial charge in [-0.05, 0) is 17.7 Å². The molecule has 7 nitrogen and oxygen atoms in total. The number of ether oxygens (including phenoxy) is 1. The molecule has 2 aromatic heterocycles. The first-order valence-electron chi connectivity index (χ1n) is 7.02. The van der Waals surface area contributed by atoms with E-state index in [2.05, 4.69) is 20.4 Å². The van der Waals surface area contributed by atoms with E-state index in [9.17, 15) is 5.11 Å². The summed E-state index contributed by atoms with van der Waals surface area (Å²) < 4.78 is 6.70. The Balaban J connectivity index is 1.96. The molecule has 120 valence electrons. The fraction of sp³-hybridized carbons (Fsp3) is 0.267. The van der Waals surface area contributed by atoms with Crippen LogP contribution < -0.4 is 5.32 Å². The van der Waals surface area contributed by atoms with Crippen molar-refractivity contribution < 1.29 is 9.84 Å². The Bertz CT molecular complexity index is 807. The second-order valence-corrected chi connectivity index (χ2v) is 5.41. The third-order valence-electron chi connectivity index (χ3n) is 3.35. The Morgan fingerprint density at radius 1 is 1.39 bits per heavy atom. The lowest BCUT2D eigenvalue weighted by Gasteiger charge is -2.19. The molecule has 0 aliphatic heterocycles. The molecule has 3 aromatic rings. The van der Waals surface area contributed by atoms with E-state index in [1.54, 1.807) is 17.7 Å². The average molecular weight is 334 g/mol. The summed E-state index contributed by atoms with van der Waals surface area (Å²) in [6.45, 7) is 0.261. The van der Waals surface area contributed by atoms with Gasteiger partial charge in [0.25, 0.3) is 5.78 Å². The number of halogens is 1. The Labute approximate surface area is 137 Å². The van der Waals surface area contributed by atoms with Gasteiger partial charge in [-0.15, -0.1) is 0 Å². The molecule has 1 aromatic carbocycles. The van der Waals surface area contributed by atoms with Gasteiger partial charge < -0.3 is 15.2 Å². The lowest BCUT2D eigenvalue weighted by molar-refractivity contribution is 0.181. The summed E-state index contributed by atoms with van der Waals surface area (Å²) in [5.41, 5.74) is 1.59. The Morgan fingerprint density at radius 3 is 3.00 bits per heavy atom. The first kappa shape index (κ1) is 15.7. The van der Waals surface area contributed by atoms with Crippen LogP contribution in [0.5, 0.6) is 0 Å². The summed E-state index contributed by atoms with van der Waals surface area (Å²) in [7, 11) is 1.60. The summed E-state index contributed by atoms with van der Waals surface area (Å²) in [4.78, 5) is 8.45. The van der Waals surface area contributed by atoms with Gasteiger partial charge in [0.2, 0.25) is 0 Å². The zero-order valence-electron chi connectivity index (χ0n) is 12.5. The van der Waals surface area contributed by atoms with Crippen molar-refractivity contribution in [2.24, 2.45) is 0 Å². The lowest BCUT2D eigenvalue weighted by atomic mass is 10.1. The number of hydrogen-bond acceptors (Lipinski definition) is 6. The number of rotatable bonds is 6. The van der Waals surface area contributed by atoms with Gasteiger partial charge in [0.15, 0.2) is 0 Å². The Hall–Kier alpha value is -2.22. The zero-order valence-corrected chi connectivity index (χ0v) is 13.2. The lowest BCUT2D eigenvalue weighted by Crippen LogP contribution is -2.17. The summed E-state index contributed by atoms with van der Waals surface area (Å²) in [5, 5.41) is 17.8. The van der Waals surface area contributed by atoms with E-state index in [1.165, 1.54) is 6.33 Å². The standard InChI is InChI=1S/C15H16ClN5O2/c1-23-8-12-6-14(21-15(19-12)17-9-18-21)20-13(7-22)10-3-2-4-11(16)5-10/h2-6,9,13,20,22H,7-8H2,1H3. The molecule has 0 spiro atoms. The Morgan fingerprint density at radius 2 is 2.26 bits per heavy atom. The van der Waals surface area contributed by atoms with Crippen LogP contribution in [-0.4, -0.2) is 38.4 Å². The predicted octanol–water partition coefficient (Wildman–Crippen LogP) is 2.07. The van der Waals surface area contributed by atoms with E-state index >= 15 is 0 Å². The van der Waals surface area contributed by atoms with Crippen LogP contribution in [0.2, 0.25) is 5.02 Å². The molecule has 0 amide bonds. The van der Waals surface area contributed by atoms with Crippen LogP contribution in [0.4, 0.5) is 5.82 Å². The van der Waals surface area contributed by atoms with E-state index in [0.29, 0.717) is 23.2 Å². The number of aromatic nitrogens is 4. The second kappa shape index (κ2) is 6.91. The van der Waals surface area contributed by atoms with Gasteiger partial charge in [-0.1, -0.05) is 23.7 Å². The molecular formula is C15H16ClN5O2. The van der Waals surface area contributed by atoms with Gasteiger partial charge in [-0.3, -0.25) is 0 Å². The van der Waals surface area contributed by atoms with E-state index < -0.39 is 0 Å². The Kier molecular flexibility index (Phi) is 4.71. The van der Waals surface area contributed by atoms with E-state index in [0.717, 1.165) is 11.3 Å². The second-order valence-electron chi connectivity index (χ2n) is 4.97. The number of benzene rings is 1. The number of nitrogens with one attached hydrogen (secondary N) is 1. The largest absolute Gasteiger partial charge is 0.394 e. The highest BCUT2D eigenvalue weighted by molar-refractivity contribution is 6.30. The fourth-order valence-electron chi connectivity index (χ4n) is 2.32. The zero-order chi connectivity index (χ0) is 16.2. The molecule has 0 bridgehead atoms. The molecule has 0 radical (unpaired) electrons. The van der Waals surface area contributed by atoms with Gasteiger partial charge in [0, 0.05) is 18.2 Å². The maximum absolute atomic E-state index is 9.74. The number of nitrogens with zero attached hydrogens (tertiary/aromatic N) is 4. The third-order valence-corrected chi connectivity index (χ3v) is 3.59. The highest BCUT2D eigenvalue weighted by atomic mass is 35.5. The van der Waals surface area contributed by atoms with Crippen LogP contribution in [0, 0.1) is 0 Å². The number of fused-ring (bicyclic) bond motifs is 1. The number of aliphatic hydroxyl groups excluding tert-OH is 1. The summed E-state index contributed by atoms with van der Waals surface area (Å²) in [6.07, 6.45) is 1.43. The molecular weight excluding hydrogens is 318 g/mol. The molecule has 2 N–H and O–H groups in total. The van der Waals surface area contributed by atoms with E-state index in [-0.39, 0.29) is 12.6 Å². The molecule has 0 aliphatic carbocycles. The molecule has 0 fully saturated rings. The highest BCUT2D eigenvalue weighted by Crippen LogP contribution is 2.22. The van der Waals surface area contributed by atoms with Crippen LogP contribution in [0.3, 0.4) is 0 Å². The molecule has 2 heterocycles. The third kappa shape index (κ3) is 3.42. The average Bonchev–Trinajstić information content (AvgIpc) is 3.01. The molecule has 1 unspecified atom stereocenters. The molecule has 3 rings (SSSR count). The molecule has 0 saturated carbocycles. The minimum absolute atomic E-state index is 0.0987. The number of aliphatic hydroxyl groups is 1. The number of methoxy groups -OCH3 is 1. The van der Waals surface area contributed by atoms with Crippen LogP contribution in [0.15, 0.2) is 36.7 Å². The SMILES string of the molecule is COCc1cc(NC(CO)c2cccc(Cl)c2)n2ncnc2n1. The van der Waals surface area contributed by atoms with Gasteiger partial charge in [-0.2, -0.15) is 14.6 Å². The maximum atomic E-state index is 9.74. The quantitative estimate of drug-likeness (QED) is 0.718. The highest BCUT2D eigenvalue weighted by Gasteiger charge is 2.14. The summed E-state index contributed by atoms with van der Waals surface area (Å²) in [6, 6.07) is 8.83. The van der Waals surface area contributed by atoms with Gasteiger partial charge in [-0.25, -0.2) is 4.98 Å². The molecule has 23 heavy (non-hydrogen) atoms.